The molecular formula is C16H16Cl4F16Mg4N4O14S4. The number of alkyl halides is 16. The molecule has 0 aromatic carbocycles. The molecule has 0 N–H and O–H groups in total. The van der Waals surface area contributed by atoms with Gasteiger partial charge in [-0.3, -0.25) is 9.59 Å². The number of ether oxygens (including phenoxy) is 2. The monoisotopic (exact) mass is 1160 g/mol. The number of hydrogen-bond donors (Lipinski definition) is 0. The van der Waals surface area contributed by atoms with E-state index in [1.165, 1.54) is 13.8 Å². The second-order valence-corrected chi connectivity index (χ2v) is 14.6. The molecule has 0 radical (unpaired) electrons. The van der Waals surface area contributed by atoms with Gasteiger partial charge in [0.05, 0.1) is 25.0 Å². The van der Waals surface area contributed by atoms with Crippen LogP contribution in [0.4, 0.5) is 79.8 Å². The Bertz CT molecular complexity index is 1660. The summed E-state index contributed by atoms with van der Waals surface area (Å²) in [5.41, 5.74) is -12.4. The van der Waals surface area contributed by atoms with Crippen LogP contribution < -0.4 is 49.6 Å². The summed E-state index contributed by atoms with van der Waals surface area (Å²) >= 11 is 0. The van der Waals surface area contributed by atoms with E-state index in [9.17, 15) is 123 Å². The molecule has 0 heterocycles. The molecule has 0 aliphatic heterocycles. The number of amides is 4. The maximum atomic E-state index is 12.3. The van der Waals surface area contributed by atoms with E-state index in [0.29, 0.717) is 4.13 Å². The van der Waals surface area contributed by atoms with E-state index in [1.807, 2.05) is 0 Å². The summed E-state index contributed by atoms with van der Waals surface area (Å²) in [4.78, 5) is 40.6. The van der Waals surface area contributed by atoms with Gasteiger partial charge in [0.15, 0.2) is 40.1 Å². The van der Waals surface area contributed by atoms with Crippen molar-refractivity contribution in [2.45, 2.75) is 61.6 Å². The molecule has 62 heavy (non-hydrogen) atoms. The van der Waals surface area contributed by atoms with Crippen molar-refractivity contribution in [3.05, 3.63) is 18.9 Å². The summed E-state index contributed by atoms with van der Waals surface area (Å²) in [6, 6.07) is 0. The number of carbonyl (C=O) groups excluding carboxylic acids is 4. The first-order valence-electron chi connectivity index (χ1n) is 11.5. The van der Waals surface area contributed by atoms with E-state index in [4.69, 9.17) is 0 Å². The molecule has 0 atom stereocenters. The summed E-state index contributed by atoms with van der Waals surface area (Å²) in [6.45, 7) is 6.11. The number of carbonyl (C=O) groups is 4. The van der Waals surface area contributed by atoms with E-state index in [1.54, 1.807) is 13.8 Å². The molecule has 0 aliphatic carbocycles. The van der Waals surface area contributed by atoms with Crippen LogP contribution in [0.1, 0.15) is 27.7 Å². The minimum absolute atomic E-state index is 0. The quantitative estimate of drug-likeness (QED) is 0.161. The molecule has 4 amide bonds. The number of nitrogens with zero attached hydrogens (tertiary/aromatic N) is 4. The third-order valence-corrected chi connectivity index (χ3v) is 9.39. The predicted molar refractivity (Wildman–Crippen MR) is 162 cm³/mol. The molecule has 0 saturated heterocycles. The van der Waals surface area contributed by atoms with Gasteiger partial charge in [-0.05, 0) is 27.7 Å². The number of imide groups is 2. The maximum Gasteiger partial charge on any atom is 2.00 e. The Balaban J connectivity index is -0.0000000545. The van der Waals surface area contributed by atoms with Crippen molar-refractivity contribution in [3.8, 4) is 0 Å². The number of hydrogen-bond acceptors (Lipinski definition) is 14. The molecule has 0 fully saturated rings. The Morgan fingerprint density at radius 1 is 0.419 bits per heavy atom. The Kier molecular flexibility index (Phi) is 52.3. The van der Waals surface area contributed by atoms with Crippen LogP contribution in [0.3, 0.4) is 0 Å². The first-order valence-corrected chi connectivity index (χ1v) is 17.3. The van der Waals surface area contributed by atoms with Crippen LogP contribution in [-0.4, -0.2) is 197 Å². The number of halogens is 20. The molecule has 0 unspecified atom stereocenters. The topological polar surface area (TPSA) is 280 Å². The molecule has 18 nitrogen and oxygen atoms in total. The number of sulfonamides is 4. The zero-order valence-electron chi connectivity index (χ0n) is 29.9. The van der Waals surface area contributed by atoms with E-state index < -0.39 is 98.0 Å². The van der Waals surface area contributed by atoms with Gasteiger partial charge < -0.3 is 87.6 Å². The SMILES string of the molecule is CC(=O)[N-]C(C)=O.CCOC(=O)[N-]C(=O)OCC.O=S(=O)([N-]S(=O)(=O)C(F)(F)C(F)(F)F)C(F)(F)C(F)(F)F.O=S(=O)([N-]S(=O)(=O)C(F)(F)F)C(F)(F)F.[Cl-].[Cl-].[Cl-].[Cl-].[Mg+2].[Mg+2].[Mg+2].[Mg+2]. The Morgan fingerprint density at radius 2 is 0.613 bits per heavy atom. The molecule has 0 saturated carbocycles. The largest absolute Gasteiger partial charge is 2.00 e. The van der Waals surface area contributed by atoms with Crippen molar-refractivity contribution in [1.29, 1.82) is 0 Å². The van der Waals surface area contributed by atoms with E-state index in [0.717, 1.165) is 4.13 Å². The summed E-state index contributed by atoms with van der Waals surface area (Å²) in [6.07, 6.45) is -15.8. The van der Waals surface area contributed by atoms with Crippen LogP contribution in [0.15, 0.2) is 0 Å². The van der Waals surface area contributed by atoms with Crippen molar-refractivity contribution in [1.82, 2.24) is 0 Å². The first-order chi connectivity index (χ1) is 23.2. The fourth-order valence-electron chi connectivity index (χ4n) is 1.34. The first kappa shape index (κ1) is 92.9. The average Bonchev–Trinajstić information content (AvgIpc) is 2.85. The Hall–Kier alpha value is 0.705. The standard InChI is InChI=1S/C6H11NO4.C4F10NO4S2.C4H7NO2.C2F6NO4S2.4ClH.4Mg/c1-3-10-5(8)7-6(9)11-4-2;5-1(6,7)3(11,12)20(16,17)15-21(18,19)4(13,14)2(8,9)10;1-3(6)5-4(2)7;3-1(4,5)14(10,11)9-15(12,13)2(6,7)8;;;;;;;;/h3-4H2,1-2H3,(H,7,8,9);;1-2H3,(H,5,6,7);;4*1H;;;;/q;-1;;-1;;;;;4*+2/p-6. The van der Waals surface area contributed by atoms with Gasteiger partial charge in [-0.25, -0.2) is 33.7 Å². The molecule has 0 bridgehead atoms. The second kappa shape index (κ2) is 34.9. The fourth-order valence-corrected chi connectivity index (χ4v) is 5.41. The van der Waals surface area contributed by atoms with Crippen LogP contribution in [0.25, 0.3) is 18.9 Å². The molecule has 0 spiro atoms. The van der Waals surface area contributed by atoms with Gasteiger partial charge in [0.25, 0.3) is 0 Å². The second-order valence-electron chi connectivity index (χ2n) is 7.63. The van der Waals surface area contributed by atoms with Gasteiger partial charge in [0.2, 0.25) is 12.2 Å². The smallest absolute Gasteiger partial charge is 1.00 e. The van der Waals surface area contributed by atoms with Gasteiger partial charge in [-0.15, -0.1) is 0 Å². The average molecular weight is 1160 g/mol. The van der Waals surface area contributed by atoms with E-state index in [-0.39, 0.29) is 155 Å². The normalized spacial score (nSPS) is 11.5. The third kappa shape index (κ3) is 33.2. The zero-order valence-corrected chi connectivity index (χ0v) is 41.9. The third-order valence-electron chi connectivity index (χ3n) is 3.32. The molecule has 0 aromatic rings. The Morgan fingerprint density at radius 3 is 0.742 bits per heavy atom. The van der Waals surface area contributed by atoms with Crippen molar-refractivity contribution in [2.24, 2.45) is 0 Å². The van der Waals surface area contributed by atoms with Crippen molar-refractivity contribution in [3.63, 3.8) is 0 Å². The predicted octanol–water partition coefficient (Wildman–Crippen LogP) is -7.99. The molecule has 356 valence electrons. The zero-order chi connectivity index (χ0) is 45.0. The summed E-state index contributed by atoms with van der Waals surface area (Å²) in [5, 5.41) is -8.05. The van der Waals surface area contributed by atoms with Crippen LogP contribution in [0.5, 0.6) is 0 Å². The minimum atomic E-state index is -7.62. The van der Waals surface area contributed by atoms with E-state index >= 15 is 0 Å². The van der Waals surface area contributed by atoms with Gasteiger partial charge in [-0.1, -0.05) is 0 Å². The fraction of sp³-hybridized carbons (Fsp3) is 0.750. The minimum Gasteiger partial charge on any atom is -1.00 e. The summed E-state index contributed by atoms with van der Waals surface area (Å²) in [7, 11) is -28.7. The Labute approximate surface area is 428 Å². The van der Waals surface area contributed by atoms with Crippen LogP contribution in [0.2, 0.25) is 0 Å². The molecule has 46 heteroatoms. The number of rotatable bonds is 8. The van der Waals surface area contributed by atoms with Crippen LogP contribution in [-0.2, 0) is 59.2 Å². The molecule has 0 aromatic heterocycles. The molecule has 0 aliphatic rings. The van der Waals surface area contributed by atoms with Crippen molar-refractivity contribution < 1.29 is 182 Å². The molecule has 0 rings (SSSR count). The summed E-state index contributed by atoms with van der Waals surface area (Å²) in [5.74, 6) is -0.875. The van der Waals surface area contributed by atoms with Crippen molar-refractivity contribution >= 4 is 156 Å². The van der Waals surface area contributed by atoms with Gasteiger partial charge >= 0.3 is 126 Å². The summed E-state index contributed by atoms with van der Waals surface area (Å²) < 4.78 is 279. The maximum absolute atomic E-state index is 12.3. The van der Waals surface area contributed by atoms with E-state index in [2.05, 4.69) is 20.1 Å². The van der Waals surface area contributed by atoms with Gasteiger partial charge in [0, 0.05) is 0 Å². The van der Waals surface area contributed by atoms with Crippen molar-refractivity contribution in [2.75, 3.05) is 13.2 Å². The van der Waals surface area contributed by atoms with Crippen LogP contribution in [0, 0.1) is 0 Å². The van der Waals surface area contributed by atoms with Crippen LogP contribution >= 0.6 is 0 Å². The van der Waals surface area contributed by atoms with Gasteiger partial charge in [0.1, 0.15) is 0 Å². The molecular weight excluding hydrogens is 1140 g/mol. The van der Waals surface area contributed by atoms with Gasteiger partial charge in [-0.2, -0.15) is 70.2 Å².